The Labute approximate surface area is 280 Å². The minimum Gasteiger partial charge on any atom is -0.391 e. The lowest BCUT2D eigenvalue weighted by atomic mass is 9.70. The Morgan fingerprint density at radius 1 is 0.978 bits per heavy atom. The van der Waals surface area contributed by atoms with Crippen molar-refractivity contribution in [3.63, 3.8) is 0 Å². The van der Waals surface area contributed by atoms with Gasteiger partial charge in [0.2, 0.25) is 0 Å². The second-order valence-corrected chi connectivity index (χ2v) is 16.6. The average Bonchev–Trinajstić information content (AvgIpc) is 3.70. The molecule has 3 heterocycles. The Balaban J connectivity index is 1.30. The zero-order valence-electron chi connectivity index (χ0n) is 29.9. The van der Waals surface area contributed by atoms with Gasteiger partial charge in [0.05, 0.1) is 24.7 Å². The van der Waals surface area contributed by atoms with Gasteiger partial charge in [-0.1, -0.05) is 65.0 Å². The van der Waals surface area contributed by atoms with Crippen LogP contribution < -0.4 is 5.73 Å². The maximum atomic E-state index is 11.0. The summed E-state index contributed by atoms with van der Waals surface area (Å²) in [4.78, 5) is 14.4. The molecule has 1 aromatic rings. The third kappa shape index (κ3) is 8.58. The molecule has 46 heavy (non-hydrogen) atoms. The van der Waals surface area contributed by atoms with Crippen molar-refractivity contribution in [2.45, 2.75) is 130 Å². The highest BCUT2D eigenvalue weighted by Crippen LogP contribution is 2.40. The van der Waals surface area contributed by atoms with Crippen LogP contribution in [0.3, 0.4) is 0 Å². The molecule has 2 saturated heterocycles. The molecule has 4 N–H and O–H groups in total. The van der Waals surface area contributed by atoms with E-state index in [0.29, 0.717) is 41.8 Å². The zero-order chi connectivity index (χ0) is 33.0. The number of aliphatic hydroxyl groups is 1. The normalized spacial score (nSPS) is 29.2. The lowest BCUT2D eigenvalue weighted by Gasteiger charge is -2.39. The second kappa shape index (κ2) is 15.3. The van der Waals surface area contributed by atoms with Gasteiger partial charge in [0.25, 0.3) is 0 Å². The van der Waals surface area contributed by atoms with Gasteiger partial charge in [0.1, 0.15) is 0 Å². The van der Waals surface area contributed by atoms with Gasteiger partial charge in [-0.25, -0.2) is 0 Å². The van der Waals surface area contributed by atoms with E-state index in [9.17, 15) is 10.5 Å². The van der Waals surface area contributed by atoms with E-state index < -0.39 is 6.10 Å². The van der Waals surface area contributed by atoms with Crippen molar-refractivity contribution in [3.8, 4) is 0 Å². The van der Waals surface area contributed by atoms with Gasteiger partial charge in [-0.05, 0) is 100.0 Å². The molecule has 1 aromatic carbocycles. The fourth-order valence-corrected chi connectivity index (χ4v) is 8.74. The number of rotatable bonds is 13. The van der Waals surface area contributed by atoms with Crippen LogP contribution in [-0.4, -0.2) is 106 Å². The van der Waals surface area contributed by atoms with Crippen molar-refractivity contribution < 1.29 is 5.11 Å². The number of likely N-dealkylation sites (tertiary alicyclic amines) is 1. The Kier molecular flexibility index (Phi) is 11.6. The Bertz CT molecular complexity index is 1140. The van der Waals surface area contributed by atoms with Crippen molar-refractivity contribution in [3.05, 3.63) is 35.9 Å². The summed E-state index contributed by atoms with van der Waals surface area (Å²) in [6.45, 7) is 19.0. The minimum absolute atomic E-state index is 0.0391. The summed E-state index contributed by atoms with van der Waals surface area (Å²) >= 11 is 0. The van der Waals surface area contributed by atoms with Crippen LogP contribution in [0.2, 0.25) is 0 Å². The number of guanidine groups is 2. The summed E-state index contributed by atoms with van der Waals surface area (Å²) in [5.74, 6) is 3.39. The molecule has 8 nitrogen and oxygen atoms in total. The molecule has 0 spiro atoms. The highest BCUT2D eigenvalue weighted by molar-refractivity contribution is 5.80. The molecular weight excluding hydrogens is 570 g/mol. The van der Waals surface area contributed by atoms with Crippen LogP contribution >= 0.6 is 0 Å². The monoisotopic (exact) mass is 636 g/mol. The van der Waals surface area contributed by atoms with Crippen LogP contribution in [0, 0.1) is 28.6 Å². The summed E-state index contributed by atoms with van der Waals surface area (Å²) in [5.41, 5.74) is 8.16. The minimum atomic E-state index is -0.478. The number of aliphatic imine (C=N–C) groups is 1. The Morgan fingerprint density at radius 3 is 2.35 bits per heavy atom. The molecule has 0 aromatic heterocycles. The molecule has 1 saturated carbocycles. The maximum Gasteiger partial charge on any atom is 0.194 e. The van der Waals surface area contributed by atoms with Gasteiger partial charge in [0, 0.05) is 38.3 Å². The number of benzene rings is 1. The molecule has 0 bridgehead atoms. The molecule has 3 aliphatic heterocycles. The number of hydrogen-bond donors (Lipinski definition) is 3. The summed E-state index contributed by atoms with van der Waals surface area (Å²) in [6.07, 6.45) is 10.1. The van der Waals surface area contributed by atoms with E-state index in [1.807, 2.05) is 6.92 Å². The molecule has 0 amide bonds. The number of nitrogens with two attached hydrogens (primary N) is 1. The van der Waals surface area contributed by atoms with Gasteiger partial charge < -0.3 is 25.5 Å². The molecule has 4 aliphatic rings. The summed E-state index contributed by atoms with van der Waals surface area (Å²) in [6, 6.07) is 11.8. The van der Waals surface area contributed by atoms with Crippen molar-refractivity contribution >= 4 is 11.9 Å². The summed E-state index contributed by atoms with van der Waals surface area (Å²) < 4.78 is 0. The molecule has 0 radical (unpaired) electrons. The van der Waals surface area contributed by atoms with Crippen LogP contribution in [0.1, 0.15) is 98.5 Å². The van der Waals surface area contributed by atoms with Gasteiger partial charge >= 0.3 is 0 Å². The summed E-state index contributed by atoms with van der Waals surface area (Å²) in [7, 11) is 0. The molecule has 258 valence electrons. The topological polar surface area (TPSA) is 95.4 Å². The van der Waals surface area contributed by atoms with Crippen molar-refractivity contribution in [1.82, 2.24) is 19.6 Å². The number of hydrogen-bond acceptors (Lipinski definition) is 6. The van der Waals surface area contributed by atoms with E-state index >= 15 is 0 Å². The average molecular weight is 636 g/mol. The second-order valence-electron chi connectivity index (χ2n) is 16.6. The molecule has 1 unspecified atom stereocenters. The molecular formula is C38H65N7O. The maximum absolute atomic E-state index is 11.0. The molecule has 3 fully saturated rings. The van der Waals surface area contributed by atoms with Gasteiger partial charge in [-0.15, -0.1) is 0 Å². The summed E-state index contributed by atoms with van der Waals surface area (Å²) in [5, 5.41) is 20.6. The van der Waals surface area contributed by atoms with Crippen LogP contribution in [0.25, 0.3) is 0 Å². The lowest BCUT2D eigenvalue weighted by Crippen LogP contribution is -2.52. The highest BCUT2D eigenvalue weighted by Gasteiger charge is 2.43. The first-order valence-electron chi connectivity index (χ1n) is 18.5. The smallest absolute Gasteiger partial charge is 0.194 e. The molecule has 5 rings (SSSR count). The first kappa shape index (κ1) is 35.0. The van der Waals surface area contributed by atoms with Crippen molar-refractivity contribution in [2.75, 3.05) is 39.3 Å². The van der Waals surface area contributed by atoms with E-state index in [2.05, 4.69) is 89.5 Å². The predicted octanol–water partition coefficient (Wildman–Crippen LogP) is 5.65. The fraction of sp³-hybridized carbons (Fsp3) is 0.789. The highest BCUT2D eigenvalue weighted by atomic mass is 16.3. The zero-order valence-corrected chi connectivity index (χ0v) is 29.9. The van der Waals surface area contributed by atoms with Crippen LogP contribution in [0.15, 0.2) is 35.3 Å². The lowest BCUT2D eigenvalue weighted by molar-refractivity contribution is 0.0867. The van der Waals surface area contributed by atoms with E-state index in [4.69, 9.17) is 5.73 Å². The quantitative estimate of drug-likeness (QED) is 0.259. The Hall–Kier alpha value is -2.32. The molecule has 8 heteroatoms. The van der Waals surface area contributed by atoms with Crippen LogP contribution in [0.5, 0.6) is 0 Å². The SMILES string of the molecule is CC(C)CC[C@@H]1CN=C(N)N1C[C@@H]1CCCN1C[C@@H](Cc1ccccc1)N1C[C@@H](C(C)O)N(CC2CCC(C(C)(C)C)CC2)C1=N. The van der Waals surface area contributed by atoms with Crippen LogP contribution in [0.4, 0.5) is 0 Å². The number of nitrogens with zero attached hydrogens (tertiary/aromatic N) is 5. The molecule has 5 atom stereocenters. The number of aliphatic hydroxyl groups excluding tert-OH is 1. The van der Waals surface area contributed by atoms with Crippen LogP contribution in [-0.2, 0) is 6.42 Å². The predicted molar refractivity (Wildman–Crippen MR) is 191 cm³/mol. The van der Waals surface area contributed by atoms with Crippen molar-refractivity contribution in [1.29, 1.82) is 5.41 Å². The Morgan fingerprint density at radius 2 is 1.70 bits per heavy atom. The third-order valence-corrected chi connectivity index (χ3v) is 11.8. The van der Waals surface area contributed by atoms with E-state index in [1.54, 1.807) is 0 Å². The van der Waals surface area contributed by atoms with Gasteiger partial charge in [0.15, 0.2) is 11.9 Å². The third-order valence-electron chi connectivity index (χ3n) is 11.8. The van der Waals surface area contributed by atoms with E-state index in [0.717, 1.165) is 57.4 Å². The molecule has 1 aliphatic carbocycles. The fourth-order valence-electron chi connectivity index (χ4n) is 8.74. The van der Waals surface area contributed by atoms with Crippen molar-refractivity contribution in [2.24, 2.45) is 33.9 Å². The van der Waals surface area contributed by atoms with Gasteiger partial charge in [-0.2, -0.15) is 0 Å². The van der Waals surface area contributed by atoms with E-state index in [-0.39, 0.29) is 12.1 Å². The van der Waals surface area contributed by atoms with Gasteiger partial charge in [-0.3, -0.25) is 15.3 Å². The first-order valence-corrected chi connectivity index (χ1v) is 18.5. The first-order chi connectivity index (χ1) is 21.9. The largest absolute Gasteiger partial charge is 0.391 e. The standard InChI is InChI=1S/C38H65N7O/c1-27(2)14-19-32-22-41-36(39)43(32)25-33-13-10-20-42(33)24-34(21-29-11-8-7-9-12-29)44-26-35(28(3)46)45(37(44)40)23-30-15-17-31(18-16-30)38(4,5)6/h7-9,11-12,27-28,30-35,40,46H,10,13-26H2,1-6H3,(H2,39,41)/t28?,30?,31?,32-,33+,34-,35+/m1/s1. The number of nitrogens with one attached hydrogen (secondary N) is 1. The van der Waals surface area contributed by atoms with E-state index in [1.165, 1.54) is 50.5 Å².